The predicted octanol–water partition coefficient (Wildman–Crippen LogP) is 6.03. The van der Waals surface area contributed by atoms with Crippen molar-refractivity contribution >= 4 is 22.3 Å². The molecule has 5 rings (SSSR count). The monoisotopic (exact) mass is 408 g/mol. The van der Waals surface area contributed by atoms with Crippen LogP contribution in [0.3, 0.4) is 0 Å². The average Bonchev–Trinajstić information content (AvgIpc) is 3.16. The molecule has 2 atom stereocenters. The van der Waals surface area contributed by atoms with Crippen molar-refractivity contribution in [3.63, 3.8) is 0 Å². The highest BCUT2D eigenvalue weighted by Gasteiger charge is 2.33. The third-order valence-electron chi connectivity index (χ3n) is 6.56. The van der Waals surface area contributed by atoms with E-state index in [1.807, 2.05) is 36.4 Å². The third-order valence-corrected chi connectivity index (χ3v) is 6.56. The predicted molar refractivity (Wildman–Crippen MR) is 122 cm³/mol. The Kier molecular flexibility index (Phi) is 4.82. The van der Waals surface area contributed by atoms with Crippen LogP contribution in [0, 0.1) is 0 Å². The van der Waals surface area contributed by atoms with Gasteiger partial charge in [-0.2, -0.15) is 0 Å². The Hall–Kier alpha value is -3.46. The van der Waals surface area contributed by atoms with E-state index in [2.05, 4.69) is 38.1 Å². The third kappa shape index (κ3) is 3.40. The first-order chi connectivity index (χ1) is 15.0. The molecule has 0 amide bonds. The molecule has 0 aromatic heterocycles. The van der Waals surface area contributed by atoms with Crippen LogP contribution in [0.15, 0.2) is 84.1 Å². The van der Waals surface area contributed by atoms with Gasteiger partial charge < -0.3 is 4.74 Å². The first-order valence-corrected chi connectivity index (χ1v) is 10.9. The molecule has 31 heavy (non-hydrogen) atoms. The maximum absolute atomic E-state index is 13.0. The van der Waals surface area contributed by atoms with Gasteiger partial charge in [-0.15, -0.1) is 0 Å². The van der Waals surface area contributed by atoms with Crippen LogP contribution in [0.5, 0.6) is 5.75 Å². The van der Waals surface area contributed by atoms with E-state index in [0.717, 1.165) is 18.4 Å². The van der Waals surface area contributed by atoms with Crippen molar-refractivity contribution in [2.45, 2.75) is 38.5 Å². The molecular weight excluding hydrogens is 384 g/mol. The molecule has 0 bridgehead atoms. The summed E-state index contributed by atoms with van der Waals surface area (Å²) in [5.74, 6) is 0.610. The van der Waals surface area contributed by atoms with Crippen LogP contribution in [0.4, 0.5) is 0 Å². The van der Waals surface area contributed by atoms with Gasteiger partial charge in [0.05, 0.1) is 0 Å². The summed E-state index contributed by atoms with van der Waals surface area (Å²) in [5, 5.41) is 2.39. The Labute approximate surface area is 182 Å². The summed E-state index contributed by atoms with van der Waals surface area (Å²) in [5.41, 5.74) is 4.13. The van der Waals surface area contributed by atoms with E-state index < -0.39 is 0 Å². The van der Waals surface area contributed by atoms with Gasteiger partial charge in [0, 0.05) is 17.6 Å². The zero-order valence-electron chi connectivity index (χ0n) is 17.7. The summed E-state index contributed by atoms with van der Waals surface area (Å²) in [4.78, 5) is 25.8. The van der Waals surface area contributed by atoms with Gasteiger partial charge in [0.25, 0.3) is 0 Å². The van der Waals surface area contributed by atoms with Gasteiger partial charge >= 0.3 is 0 Å². The molecule has 3 heteroatoms. The normalized spacial score (nSPS) is 18.7. The Morgan fingerprint density at radius 2 is 1.68 bits per heavy atom. The first-order valence-electron chi connectivity index (χ1n) is 10.9. The zero-order chi connectivity index (χ0) is 21.5. The fraction of sp³-hybridized carbons (Fsp3) is 0.214. The van der Waals surface area contributed by atoms with Crippen LogP contribution in [0.25, 0.3) is 10.8 Å². The molecule has 3 nitrogen and oxygen atoms in total. The maximum Gasteiger partial charge on any atom is 0.221 e. The lowest BCUT2D eigenvalue weighted by Crippen LogP contribution is -2.20. The molecule has 0 saturated heterocycles. The summed E-state index contributed by atoms with van der Waals surface area (Å²) in [6.07, 6.45) is 4.62. The van der Waals surface area contributed by atoms with Crippen molar-refractivity contribution in [1.82, 2.24) is 0 Å². The van der Waals surface area contributed by atoms with E-state index in [0.29, 0.717) is 17.2 Å². The van der Waals surface area contributed by atoms with Crippen molar-refractivity contribution < 1.29 is 14.3 Å². The lowest BCUT2D eigenvalue weighted by Gasteiger charge is -2.19. The quantitative estimate of drug-likeness (QED) is 0.484. The molecule has 0 radical (unpaired) electrons. The summed E-state index contributed by atoms with van der Waals surface area (Å²) >= 11 is 0. The van der Waals surface area contributed by atoms with Crippen molar-refractivity contribution in [1.29, 1.82) is 0 Å². The highest BCUT2D eigenvalue weighted by Crippen LogP contribution is 2.43. The topological polar surface area (TPSA) is 43.4 Å². The zero-order valence-corrected chi connectivity index (χ0v) is 17.7. The van der Waals surface area contributed by atoms with Gasteiger partial charge in [-0.3, -0.25) is 9.59 Å². The van der Waals surface area contributed by atoms with Crippen molar-refractivity contribution in [2.75, 3.05) is 0 Å². The smallest absolute Gasteiger partial charge is 0.221 e. The Balaban J connectivity index is 1.39. The summed E-state index contributed by atoms with van der Waals surface area (Å²) in [6.45, 7) is 4.33. The molecular formula is C28H24O3. The van der Waals surface area contributed by atoms with E-state index in [1.54, 1.807) is 0 Å². The minimum atomic E-state index is -0.260. The second-order valence-electron chi connectivity index (χ2n) is 8.44. The van der Waals surface area contributed by atoms with E-state index in [-0.39, 0.29) is 23.2 Å². The number of benzene rings is 3. The number of rotatable bonds is 5. The number of ether oxygens (including phenoxy) is 1. The minimum Gasteiger partial charge on any atom is -0.453 e. The van der Waals surface area contributed by atoms with Crippen molar-refractivity contribution in [2.24, 2.45) is 0 Å². The summed E-state index contributed by atoms with van der Waals surface area (Å²) in [7, 11) is 0. The SMILES string of the molecule is CCC(C)c1ccc(OC2=CC(=O)C(C3Cc4cccc5cccc3c45)=CC2=O)cc1. The minimum absolute atomic E-state index is 0.0822. The van der Waals surface area contributed by atoms with Gasteiger partial charge in [-0.1, -0.05) is 62.4 Å². The molecule has 2 unspecified atom stereocenters. The standard InChI is InChI=1S/C28H24O3/c1-3-17(2)18-10-12-21(13-11-18)31-27-16-25(29)24(15-26(27)30)23-14-20-8-4-6-19-7-5-9-22(23)28(19)20/h4-13,15-17,23H,3,14H2,1-2H3. The molecule has 3 aromatic carbocycles. The highest BCUT2D eigenvalue weighted by molar-refractivity contribution is 6.20. The molecule has 2 aliphatic rings. The second-order valence-corrected chi connectivity index (χ2v) is 8.44. The van der Waals surface area contributed by atoms with Crippen LogP contribution in [0.1, 0.15) is 48.8 Å². The van der Waals surface area contributed by atoms with Gasteiger partial charge in [0.1, 0.15) is 5.75 Å². The Bertz CT molecular complexity index is 1260. The molecule has 0 saturated carbocycles. The summed E-state index contributed by atoms with van der Waals surface area (Å²) in [6, 6.07) is 20.1. The number of hydrogen-bond acceptors (Lipinski definition) is 3. The number of carbonyl (C=O) groups is 2. The van der Waals surface area contributed by atoms with Crippen LogP contribution in [-0.2, 0) is 16.0 Å². The van der Waals surface area contributed by atoms with Crippen LogP contribution in [0.2, 0.25) is 0 Å². The largest absolute Gasteiger partial charge is 0.453 e. The van der Waals surface area contributed by atoms with Crippen molar-refractivity contribution in [3.8, 4) is 5.75 Å². The Morgan fingerprint density at radius 3 is 2.42 bits per heavy atom. The summed E-state index contributed by atoms with van der Waals surface area (Å²) < 4.78 is 5.78. The van der Waals surface area contributed by atoms with Gasteiger partial charge in [0.2, 0.25) is 5.78 Å². The maximum atomic E-state index is 13.0. The molecule has 0 aliphatic heterocycles. The van der Waals surface area contributed by atoms with Gasteiger partial charge in [-0.05, 0) is 64.4 Å². The number of carbonyl (C=O) groups excluding carboxylic acids is 2. The van der Waals surface area contributed by atoms with Crippen molar-refractivity contribution in [3.05, 3.63) is 101 Å². The van der Waals surface area contributed by atoms with Crippen LogP contribution in [-0.4, -0.2) is 11.6 Å². The number of allylic oxidation sites excluding steroid dienone is 3. The lowest BCUT2D eigenvalue weighted by molar-refractivity contribution is -0.116. The molecule has 0 spiro atoms. The molecule has 2 aliphatic carbocycles. The molecule has 0 fully saturated rings. The number of hydrogen-bond donors (Lipinski definition) is 0. The van der Waals surface area contributed by atoms with E-state index in [1.165, 1.54) is 34.1 Å². The van der Waals surface area contributed by atoms with Crippen LogP contribution < -0.4 is 4.74 Å². The highest BCUT2D eigenvalue weighted by atomic mass is 16.5. The molecule has 0 N–H and O–H groups in total. The molecule has 0 heterocycles. The number of ketones is 2. The fourth-order valence-corrected chi connectivity index (χ4v) is 4.65. The van der Waals surface area contributed by atoms with E-state index in [9.17, 15) is 9.59 Å². The van der Waals surface area contributed by atoms with E-state index in [4.69, 9.17) is 4.74 Å². The van der Waals surface area contributed by atoms with Gasteiger partial charge in [-0.25, -0.2) is 0 Å². The second kappa shape index (κ2) is 7.66. The fourth-order valence-electron chi connectivity index (χ4n) is 4.65. The van der Waals surface area contributed by atoms with Gasteiger partial charge in [0.15, 0.2) is 11.5 Å². The van der Waals surface area contributed by atoms with E-state index >= 15 is 0 Å². The lowest BCUT2D eigenvalue weighted by atomic mass is 9.86. The molecule has 3 aromatic rings. The Morgan fingerprint density at radius 1 is 0.935 bits per heavy atom. The molecule has 154 valence electrons. The first kappa shape index (κ1) is 19.5. The average molecular weight is 408 g/mol. The van der Waals surface area contributed by atoms with Crippen LogP contribution >= 0.6 is 0 Å².